The topological polar surface area (TPSA) is 59.2 Å². The molecule has 2 rings (SSSR count). The summed E-state index contributed by atoms with van der Waals surface area (Å²) in [6.45, 7) is 4.75. The zero-order chi connectivity index (χ0) is 16.8. The molecule has 1 aromatic carbocycles. The van der Waals surface area contributed by atoms with Crippen LogP contribution in [0.5, 0.6) is 0 Å². The van der Waals surface area contributed by atoms with Crippen LogP contribution in [0.4, 0.5) is 0 Å². The molecule has 0 spiro atoms. The second kappa shape index (κ2) is 8.22. The van der Waals surface area contributed by atoms with Crippen LogP contribution in [0.2, 0.25) is 0 Å². The molecule has 0 radical (unpaired) electrons. The quantitative estimate of drug-likeness (QED) is 0.848. The van der Waals surface area contributed by atoms with Gasteiger partial charge in [-0.25, -0.2) is 4.98 Å². The molecular weight excluding hydrogens is 306 g/mol. The Morgan fingerprint density at radius 2 is 2.04 bits per heavy atom. The Balaban J connectivity index is 2.06. The maximum Gasteiger partial charge on any atom is 0.273 e. The van der Waals surface area contributed by atoms with Crippen molar-refractivity contribution >= 4 is 17.2 Å². The van der Waals surface area contributed by atoms with Crippen LogP contribution in [-0.4, -0.2) is 35.4 Å². The number of nitrogens with zero attached hydrogens (tertiary/aromatic N) is 2. The van der Waals surface area contributed by atoms with E-state index in [1.54, 1.807) is 0 Å². The van der Waals surface area contributed by atoms with Gasteiger partial charge in [-0.2, -0.15) is 0 Å². The molecule has 1 aromatic heterocycles. The lowest BCUT2D eigenvalue weighted by Crippen LogP contribution is -2.38. The van der Waals surface area contributed by atoms with Crippen molar-refractivity contribution in [3.05, 3.63) is 51.5 Å². The van der Waals surface area contributed by atoms with E-state index in [1.165, 1.54) is 22.5 Å². The number of nitrogens with two attached hydrogens (primary N) is 1. The van der Waals surface area contributed by atoms with Gasteiger partial charge < -0.3 is 10.6 Å². The Hall–Kier alpha value is -1.72. The summed E-state index contributed by atoms with van der Waals surface area (Å²) in [5.41, 5.74) is 8.58. The molecule has 0 aliphatic carbocycles. The van der Waals surface area contributed by atoms with Crippen LogP contribution in [0.25, 0.3) is 0 Å². The van der Waals surface area contributed by atoms with Crippen molar-refractivity contribution < 1.29 is 4.79 Å². The molecule has 0 aliphatic heterocycles. The molecule has 23 heavy (non-hydrogen) atoms. The van der Waals surface area contributed by atoms with Crippen molar-refractivity contribution in [2.45, 2.75) is 39.2 Å². The number of rotatable bonds is 7. The second-order valence-corrected chi connectivity index (χ2v) is 6.78. The average molecular weight is 331 g/mol. The van der Waals surface area contributed by atoms with Crippen LogP contribution >= 0.6 is 11.3 Å². The van der Waals surface area contributed by atoms with E-state index in [-0.39, 0.29) is 11.9 Å². The van der Waals surface area contributed by atoms with E-state index in [9.17, 15) is 4.79 Å². The lowest BCUT2D eigenvalue weighted by molar-refractivity contribution is 0.0722. The molecule has 0 saturated heterocycles. The van der Waals surface area contributed by atoms with Crippen LogP contribution in [-0.2, 0) is 12.8 Å². The fourth-order valence-electron chi connectivity index (χ4n) is 2.55. The summed E-state index contributed by atoms with van der Waals surface area (Å²) in [4.78, 5) is 18.9. The minimum Gasteiger partial charge on any atom is -0.337 e. The summed E-state index contributed by atoms with van der Waals surface area (Å²) in [5, 5.41) is 2.76. The predicted octanol–water partition coefficient (Wildman–Crippen LogP) is 3.05. The van der Waals surface area contributed by atoms with Gasteiger partial charge in [0.2, 0.25) is 0 Å². The minimum atomic E-state index is -0.0107. The minimum absolute atomic E-state index is 0.0107. The van der Waals surface area contributed by atoms with Crippen molar-refractivity contribution in [1.82, 2.24) is 9.88 Å². The number of amides is 1. The highest BCUT2D eigenvalue weighted by atomic mass is 32.1. The largest absolute Gasteiger partial charge is 0.337 e. The predicted molar refractivity (Wildman–Crippen MR) is 95.9 cm³/mol. The van der Waals surface area contributed by atoms with Gasteiger partial charge in [-0.15, -0.1) is 11.3 Å². The van der Waals surface area contributed by atoms with Crippen LogP contribution in [0.3, 0.4) is 0 Å². The summed E-state index contributed by atoms with van der Waals surface area (Å²) >= 11 is 1.51. The van der Waals surface area contributed by atoms with Crippen molar-refractivity contribution in [3.63, 3.8) is 0 Å². The highest BCUT2D eigenvalue weighted by Gasteiger charge is 2.22. The van der Waals surface area contributed by atoms with Crippen molar-refractivity contribution in [2.24, 2.45) is 5.73 Å². The van der Waals surface area contributed by atoms with Gasteiger partial charge in [0.05, 0.1) is 5.01 Å². The summed E-state index contributed by atoms with van der Waals surface area (Å²) in [6.07, 6.45) is 2.50. The van der Waals surface area contributed by atoms with Gasteiger partial charge in [0.15, 0.2) is 0 Å². The number of hydrogen-bond acceptors (Lipinski definition) is 4. The number of thiazole rings is 1. The Bertz CT molecular complexity index is 636. The molecule has 0 aliphatic rings. The molecule has 0 bridgehead atoms. The molecule has 1 unspecified atom stereocenters. The van der Waals surface area contributed by atoms with Crippen LogP contribution in [0.15, 0.2) is 29.6 Å². The molecule has 2 aromatic rings. The van der Waals surface area contributed by atoms with E-state index in [0.717, 1.165) is 24.3 Å². The first-order chi connectivity index (χ1) is 11.0. The Labute approximate surface area is 142 Å². The third-order valence-electron chi connectivity index (χ3n) is 4.06. The number of benzene rings is 1. The van der Waals surface area contributed by atoms with Gasteiger partial charge in [-0.1, -0.05) is 36.8 Å². The maximum atomic E-state index is 12.6. The molecule has 124 valence electrons. The van der Waals surface area contributed by atoms with Gasteiger partial charge in [-0.05, 0) is 31.9 Å². The van der Waals surface area contributed by atoms with E-state index in [4.69, 9.17) is 5.73 Å². The summed E-state index contributed by atoms with van der Waals surface area (Å²) in [6, 6.07) is 8.67. The number of carbonyl (C=O) groups excluding carboxylic acids is 1. The van der Waals surface area contributed by atoms with Gasteiger partial charge in [0.1, 0.15) is 5.69 Å². The number of aryl methyl sites for hydroxylation is 1. The summed E-state index contributed by atoms with van der Waals surface area (Å²) in [5.74, 6) is -0.0107. The van der Waals surface area contributed by atoms with Crippen LogP contribution in [0.1, 0.15) is 40.0 Å². The van der Waals surface area contributed by atoms with Crippen molar-refractivity contribution in [1.29, 1.82) is 0 Å². The Kier molecular flexibility index (Phi) is 6.30. The molecular formula is C18H25N3OS. The van der Waals surface area contributed by atoms with E-state index < -0.39 is 0 Å². The average Bonchev–Trinajstić information content (AvgIpc) is 3.02. The zero-order valence-corrected chi connectivity index (χ0v) is 14.9. The first-order valence-electron chi connectivity index (χ1n) is 8.02. The van der Waals surface area contributed by atoms with Crippen LogP contribution < -0.4 is 5.73 Å². The Morgan fingerprint density at radius 1 is 1.35 bits per heavy atom. The van der Waals surface area contributed by atoms with Gasteiger partial charge in [-0.3, -0.25) is 4.79 Å². The van der Waals surface area contributed by atoms with Gasteiger partial charge in [0.25, 0.3) is 5.91 Å². The Morgan fingerprint density at radius 3 is 2.65 bits per heavy atom. The third-order valence-corrected chi connectivity index (χ3v) is 4.97. The van der Waals surface area contributed by atoms with E-state index >= 15 is 0 Å². The van der Waals surface area contributed by atoms with E-state index in [1.807, 2.05) is 17.3 Å². The zero-order valence-electron chi connectivity index (χ0n) is 14.1. The third kappa shape index (κ3) is 4.62. The molecule has 2 N–H and O–H groups in total. The molecule has 1 heterocycles. The number of likely N-dealkylation sites (N-methyl/N-ethyl adjacent to an activating group) is 1. The fourth-order valence-corrected chi connectivity index (χ4v) is 3.33. The fraction of sp³-hybridized carbons (Fsp3) is 0.444. The summed E-state index contributed by atoms with van der Waals surface area (Å²) in [7, 11) is 1.87. The number of carbonyl (C=O) groups is 1. The summed E-state index contributed by atoms with van der Waals surface area (Å²) < 4.78 is 0. The lowest BCUT2D eigenvalue weighted by atomic mass is 10.0. The van der Waals surface area contributed by atoms with Gasteiger partial charge >= 0.3 is 0 Å². The molecule has 0 fully saturated rings. The highest BCUT2D eigenvalue weighted by molar-refractivity contribution is 7.09. The maximum absolute atomic E-state index is 12.6. The molecule has 1 atom stereocenters. The smallest absolute Gasteiger partial charge is 0.273 e. The van der Waals surface area contributed by atoms with E-state index in [0.29, 0.717) is 12.2 Å². The normalized spacial score (nSPS) is 12.2. The highest BCUT2D eigenvalue weighted by Crippen LogP contribution is 2.17. The second-order valence-electron chi connectivity index (χ2n) is 5.83. The first-order valence-corrected chi connectivity index (χ1v) is 8.90. The van der Waals surface area contributed by atoms with E-state index in [2.05, 4.69) is 43.1 Å². The lowest BCUT2D eigenvalue weighted by Gasteiger charge is -2.27. The van der Waals surface area contributed by atoms with Crippen LogP contribution in [0, 0.1) is 6.92 Å². The molecule has 5 heteroatoms. The van der Waals surface area contributed by atoms with Crippen molar-refractivity contribution in [3.8, 4) is 0 Å². The number of hydrogen-bond donors (Lipinski definition) is 1. The monoisotopic (exact) mass is 331 g/mol. The molecule has 0 saturated carbocycles. The van der Waals surface area contributed by atoms with Crippen molar-refractivity contribution in [2.75, 3.05) is 13.6 Å². The first kappa shape index (κ1) is 17.6. The number of aromatic nitrogens is 1. The van der Waals surface area contributed by atoms with Gasteiger partial charge in [0, 0.05) is 24.9 Å². The molecule has 4 nitrogen and oxygen atoms in total. The molecule has 1 amide bonds. The SMILES string of the molecule is CCC(Cc1ccc(C)cc1)N(C)C(=O)c1csc(CCN)n1. The standard InChI is InChI=1S/C18H25N3OS/c1-4-15(11-14-7-5-13(2)6-8-14)21(3)18(22)16-12-23-17(20-16)9-10-19/h5-8,12,15H,4,9-11,19H2,1-3H3.